The molecule has 0 unspecified atom stereocenters. The van der Waals surface area contributed by atoms with E-state index in [1.54, 1.807) is 28.6 Å². The molecule has 138 valence electrons. The van der Waals surface area contributed by atoms with Crippen LogP contribution in [0.1, 0.15) is 26.3 Å². The van der Waals surface area contributed by atoms with Crippen LogP contribution >= 0.6 is 12.2 Å². The van der Waals surface area contributed by atoms with Crippen molar-refractivity contribution in [2.24, 2.45) is 5.10 Å². The summed E-state index contributed by atoms with van der Waals surface area (Å²) in [6, 6.07) is 7.02. The van der Waals surface area contributed by atoms with Gasteiger partial charge >= 0.3 is 0 Å². The van der Waals surface area contributed by atoms with E-state index in [1.165, 1.54) is 0 Å². The van der Waals surface area contributed by atoms with Crippen LogP contribution in [0, 0.1) is 0 Å². The first-order valence-electron chi connectivity index (χ1n) is 8.34. The summed E-state index contributed by atoms with van der Waals surface area (Å²) in [4.78, 5) is 0.316. The first kappa shape index (κ1) is 19.8. The van der Waals surface area contributed by atoms with Crippen LogP contribution in [0.3, 0.4) is 0 Å². The summed E-state index contributed by atoms with van der Waals surface area (Å²) in [5.74, 6) is 0. The number of hydrogen-bond donors (Lipinski definition) is 3. The van der Waals surface area contributed by atoms with E-state index in [9.17, 15) is 8.42 Å². The van der Waals surface area contributed by atoms with Gasteiger partial charge in [-0.2, -0.15) is 9.41 Å². The number of nitrogens with one attached hydrogen (secondary N) is 2. The van der Waals surface area contributed by atoms with Crippen LogP contribution in [0.4, 0.5) is 0 Å². The molecule has 1 aliphatic rings. The lowest BCUT2D eigenvalue weighted by molar-refractivity contribution is -0.661. The summed E-state index contributed by atoms with van der Waals surface area (Å²) in [6.07, 6.45) is 0. The Morgan fingerprint density at radius 1 is 1.24 bits per heavy atom. The molecule has 2 rings (SSSR count). The van der Waals surface area contributed by atoms with Crippen molar-refractivity contribution >= 4 is 33.1 Å². The van der Waals surface area contributed by atoms with Crippen molar-refractivity contribution in [3.63, 3.8) is 0 Å². The van der Waals surface area contributed by atoms with E-state index in [-0.39, 0.29) is 6.04 Å². The van der Waals surface area contributed by atoms with E-state index in [0.717, 1.165) is 24.4 Å². The van der Waals surface area contributed by atoms with Gasteiger partial charge in [-0.25, -0.2) is 8.42 Å². The molecule has 0 atom stereocenters. The van der Waals surface area contributed by atoms with Crippen molar-refractivity contribution < 1.29 is 13.7 Å². The Morgan fingerprint density at radius 2 is 1.84 bits per heavy atom. The second kappa shape index (κ2) is 8.70. The number of quaternary nitrogens is 1. The van der Waals surface area contributed by atoms with Gasteiger partial charge in [0.1, 0.15) is 0 Å². The highest BCUT2D eigenvalue weighted by Gasteiger charge is 2.27. The van der Waals surface area contributed by atoms with Crippen molar-refractivity contribution in [1.29, 1.82) is 0 Å². The molecule has 0 bridgehead atoms. The average Bonchev–Trinajstić information content (AvgIpc) is 2.60. The quantitative estimate of drug-likeness (QED) is 0.373. The molecule has 0 radical (unpaired) electrons. The normalized spacial score (nSPS) is 16.7. The molecule has 4 N–H and O–H groups in total. The van der Waals surface area contributed by atoms with Crippen molar-refractivity contribution in [3.8, 4) is 0 Å². The molecule has 1 aromatic rings. The summed E-state index contributed by atoms with van der Waals surface area (Å²) in [5.41, 5.74) is 4.35. The van der Waals surface area contributed by atoms with Crippen molar-refractivity contribution in [3.05, 3.63) is 29.8 Å². The molecule has 7 nitrogen and oxygen atoms in total. The molecule has 9 heteroatoms. The Labute approximate surface area is 154 Å². The number of piperazine rings is 1. The van der Waals surface area contributed by atoms with E-state index in [1.807, 2.05) is 20.8 Å². The number of thiocarbonyl (C=S) groups is 1. The summed E-state index contributed by atoms with van der Waals surface area (Å²) in [7, 11) is -3.42. The highest BCUT2D eigenvalue weighted by atomic mass is 32.2. The lowest BCUT2D eigenvalue weighted by atomic mass is 10.1. The topological polar surface area (TPSA) is 90.4 Å². The predicted molar refractivity (Wildman–Crippen MR) is 103 cm³/mol. The van der Waals surface area contributed by atoms with Gasteiger partial charge in [-0.15, -0.1) is 0 Å². The van der Waals surface area contributed by atoms with Crippen LogP contribution in [-0.2, 0) is 10.0 Å². The molecule has 1 saturated heterocycles. The summed E-state index contributed by atoms with van der Waals surface area (Å²) >= 11 is 5.12. The van der Waals surface area contributed by atoms with Crippen LogP contribution in [0.5, 0.6) is 0 Å². The Balaban J connectivity index is 2.07. The molecule has 1 aliphatic heterocycles. The minimum absolute atomic E-state index is 0.229. The molecule has 1 fully saturated rings. The monoisotopic (exact) mass is 384 g/mol. The zero-order chi connectivity index (χ0) is 18.4. The highest BCUT2D eigenvalue weighted by Crippen LogP contribution is 2.16. The summed E-state index contributed by atoms with van der Waals surface area (Å²) < 4.78 is 26.8. The third kappa shape index (κ3) is 5.46. The average molecular weight is 385 g/mol. The smallest absolute Gasteiger partial charge is 0.243 e. The molecule has 0 aromatic heterocycles. The SMILES string of the molecule is C/C(=N/NC(=S)NC(C)C)c1ccc(S(=O)(=O)N2CC[NH2+]CC2)cc1. The maximum Gasteiger partial charge on any atom is 0.243 e. The van der Waals surface area contributed by atoms with Crippen LogP contribution in [0.2, 0.25) is 0 Å². The summed E-state index contributed by atoms with van der Waals surface area (Å²) in [5, 5.41) is 9.85. The molecule has 0 saturated carbocycles. The zero-order valence-corrected chi connectivity index (χ0v) is 16.5. The fraction of sp³-hybridized carbons (Fsp3) is 0.500. The Hall–Kier alpha value is -1.55. The summed E-state index contributed by atoms with van der Waals surface area (Å²) in [6.45, 7) is 8.53. The fourth-order valence-electron chi connectivity index (χ4n) is 2.48. The van der Waals surface area contributed by atoms with Gasteiger partial charge < -0.3 is 10.6 Å². The maximum atomic E-state index is 12.6. The van der Waals surface area contributed by atoms with Gasteiger partial charge in [-0.05, 0) is 50.7 Å². The number of benzene rings is 1. The number of hydrogen-bond acceptors (Lipinski definition) is 4. The van der Waals surface area contributed by atoms with Gasteiger partial charge in [0.2, 0.25) is 10.0 Å². The zero-order valence-electron chi connectivity index (χ0n) is 14.8. The Bertz CT molecular complexity index is 723. The lowest BCUT2D eigenvalue weighted by Gasteiger charge is -2.24. The van der Waals surface area contributed by atoms with Crippen molar-refractivity contribution in [1.82, 2.24) is 15.0 Å². The van der Waals surface area contributed by atoms with Gasteiger partial charge in [0.25, 0.3) is 0 Å². The maximum absolute atomic E-state index is 12.6. The van der Waals surface area contributed by atoms with E-state index in [0.29, 0.717) is 23.1 Å². The lowest BCUT2D eigenvalue weighted by Crippen LogP contribution is -2.89. The number of rotatable bonds is 5. The van der Waals surface area contributed by atoms with E-state index >= 15 is 0 Å². The number of hydrazone groups is 1. The van der Waals surface area contributed by atoms with E-state index < -0.39 is 10.0 Å². The van der Waals surface area contributed by atoms with Gasteiger partial charge in [-0.3, -0.25) is 5.43 Å². The largest absolute Gasteiger partial charge is 0.359 e. The molecule has 0 spiro atoms. The molecule has 25 heavy (non-hydrogen) atoms. The number of nitrogens with two attached hydrogens (primary N) is 1. The minimum atomic E-state index is -3.42. The van der Waals surface area contributed by atoms with E-state index in [4.69, 9.17) is 12.2 Å². The molecular weight excluding hydrogens is 358 g/mol. The molecule has 0 aliphatic carbocycles. The number of sulfonamides is 1. The van der Waals surface area contributed by atoms with Gasteiger partial charge in [0.15, 0.2) is 5.11 Å². The van der Waals surface area contributed by atoms with Gasteiger partial charge in [-0.1, -0.05) is 12.1 Å². The Kier molecular flexibility index (Phi) is 6.88. The second-order valence-corrected chi connectivity index (χ2v) is 8.58. The second-order valence-electron chi connectivity index (χ2n) is 6.23. The first-order valence-corrected chi connectivity index (χ1v) is 10.2. The number of nitrogens with zero attached hydrogens (tertiary/aromatic N) is 2. The Morgan fingerprint density at radius 3 is 2.40 bits per heavy atom. The van der Waals surface area contributed by atoms with Crippen molar-refractivity contribution in [2.45, 2.75) is 31.7 Å². The highest BCUT2D eigenvalue weighted by molar-refractivity contribution is 7.89. The standard InChI is InChI=1S/C16H25N5O2S2/c1-12(2)18-16(24)20-19-13(3)14-4-6-15(7-5-14)25(22,23)21-10-8-17-9-11-21/h4-7,12,17H,8-11H2,1-3H3,(H2,18,20,24)/p+1/b19-13-. The van der Waals surface area contributed by atoms with Crippen LogP contribution in [0.15, 0.2) is 34.3 Å². The van der Waals surface area contributed by atoms with E-state index in [2.05, 4.69) is 21.2 Å². The predicted octanol–water partition coefficient (Wildman–Crippen LogP) is -0.149. The van der Waals surface area contributed by atoms with Gasteiger partial charge in [0, 0.05) is 6.04 Å². The van der Waals surface area contributed by atoms with Crippen LogP contribution in [-0.4, -0.2) is 55.8 Å². The molecule has 1 heterocycles. The fourth-order valence-corrected chi connectivity index (χ4v) is 4.23. The first-order chi connectivity index (χ1) is 11.8. The van der Waals surface area contributed by atoms with Gasteiger partial charge in [0.05, 0.1) is 36.8 Å². The molecule has 0 amide bonds. The molecule has 1 aromatic carbocycles. The molecular formula is C16H26N5O2S2+. The minimum Gasteiger partial charge on any atom is -0.359 e. The van der Waals surface area contributed by atoms with Crippen LogP contribution in [0.25, 0.3) is 0 Å². The van der Waals surface area contributed by atoms with Crippen LogP contribution < -0.4 is 16.1 Å². The third-order valence-electron chi connectivity index (χ3n) is 3.82. The third-order valence-corrected chi connectivity index (χ3v) is 5.94. The van der Waals surface area contributed by atoms with Crippen molar-refractivity contribution in [2.75, 3.05) is 26.2 Å².